The standard InChI is InChI=1S/C8H18S2.4CH3NS2.Mo/c1-3-5-7-9-10-8-6-4-2;4*2-1(3)4;/h3-8H2,1-2H3;4*(H3,2,3,4);/q;;;;;+4/p-4. The van der Waals surface area contributed by atoms with Gasteiger partial charge in [0.2, 0.25) is 0 Å². The molecule has 27 heavy (non-hydrogen) atoms. The molecule has 4 nitrogen and oxygen atoms in total. The summed E-state index contributed by atoms with van der Waals surface area (Å²) in [5.74, 6) is 2.68. The molecule has 0 radical (unpaired) electrons. The van der Waals surface area contributed by atoms with Crippen molar-refractivity contribution in [3.05, 3.63) is 0 Å². The van der Waals surface area contributed by atoms with Crippen LogP contribution in [0.1, 0.15) is 39.5 Å². The SMILES string of the molecule is CCCCSSCCCC.NC(=S)[S-].NC(=S)[S-].NC(=S)[S-].NC(=S)[S-].[Mo+4]. The van der Waals surface area contributed by atoms with Gasteiger partial charge in [0.1, 0.15) is 0 Å². The van der Waals surface area contributed by atoms with Crippen LogP contribution in [0, 0.1) is 0 Å². The Morgan fingerprint density at radius 2 is 0.778 bits per heavy atom. The Morgan fingerprint density at radius 1 is 0.630 bits per heavy atom. The van der Waals surface area contributed by atoms with E-state index in [4.69, 9.17) is 0 Å². The number of nitrogens with two attached hydrogens (primary N) is 4. The molecule has 0 bridgehead atoms. The minimum atomic E-state index is 0. The smallest absolute Gasteiger partial charge is 0.415 e. The Balaban J connectivity index is -0.0000000552. The maximum absolute atomic E-state index is 4.66. The largest absolute Gasteiger partial charge is 4.00 e. The van der Waals surface area contributed by atoms with Crippen molar-refractivity contribution in [3.63, 3.8) is 0 Å². The number of hydrogen-bond acceptors (Lipinski definition) is 10. The third-order valence-corrected chi connectivity index (χ3v) is 3.82. The molecule has 0 amide bonds. The molecule has 0 atom stereocenters. The average Bonchev–Trinajstić information content (AvgIpc) is 2.40. The Labute approximate surface area is 230 Å². The van der Waals surface area contributed by atoms with E-state index in [0.717, 1.165) is 0 Å². The van der Waals surface area contributed by atoms with Crippen LogP contribution in [0.15, 0.2) is 0 Å². The zero-order valence-electron chi connectivity index (χ0n) is 15.0. The predicted octanol–water partition coefficient (Wildman–Crippen LogP) is 3.07. The van der Waals surface area contributed by atoms with Crippen molar-refractivity contribution < 1.29 is 21.1 Å². The first-order valence-corrected chi connectivity index (χ1v) is 12.7. The van der Waals surface area contributed by atoms with E-state index in [9.17, 15) is 0 Å². The van der Waals surface area contributed by atoms with Gasteiger partial charge in [0.25, 0.3) is 0 Å². The molecule has 0 fully saturated rings. The quantitative estimate of drug-likeness (QED) is 0.108. The summed E-state index contributed by atoms with van der Waals surface area (Å²) in [5, 5.41) is 0. The molecule has 8 N–H and O–H groups in total. The van der Waals surface area contributed by atoms with Crippen LogP contribution < -0.4 is 22.9 Å². The Morgan fingerprint density at radius 3 is 0.889 bits per heavy atom. The van der Waals surface area contributed by atoms with Crippen molar-refractivity contribution in [1.29, 1.82) is 0 Å². The third kappa shape index (κ3) is 238. The minimum absolute atomic E-state index is 0. The molecule has 0 unspecified atom stereocenters. The van der Waals surface area contributed by atoms with Gasteiger partial charge >= 0.3 is 21.1 Å². The fourth-order valence-electron chi connectivity index (χ4n) is 0.524. The topological polar surface area (TPSA) is 104 Å². The van der Waals surface area contributed by atoms with Gasteiger partial charge in [-0.15, -0.1) is 0 Å². The van der Waals surface area contributed by atoms with E-state index in [1.807, 2.05) is 21.6 Å². The normalized spacial score (nSPS) is 7.33. The van der Waals surface area contributed by atoms with E-state index in [-0.39, 0.29) is 38.3 Å². The van der Waals surface area contributed by atoms with Crippen LogP contribution >= 0.6 is 70.5 Å². The molecule has 0 aliphatic carbocycles. The van der Waals surface area contributed by atoms with E-state index in [1.54, 1.807) is 0 Å². The molecule has 0 saturated carbocycles. The van der Waals surface area contributed by atoms with Gasteiger partial charge in [0, 0.05) is 11.5 Å². The summed E-state index contributed by atoms with van der Waals surface area (Å²) < 4.78 is 0.333. The molecule has 0 aromatic carbocycles. The predicted molar refractivity (Wildman–Crippen MR) is 151 cm³/mol. The molecule has 0 aliphatic rings. The molecule has 160 valence electrons. The van der Waals surface area contributed by atoms with E-state index in [0.29, 0.717) is 0 Å². The van der Waals surface area contributed by atoms with Crippen LogP contribution in [-0.4, -0.2) is 28.8 Å². The van der Waals surface area contributed by atoms with Gasteiger partial charge in [0.05, 0.1) is 0 Å². The fourth-order valence-corrected chi connectivity index (χ4v) is 2.99. The summed E-state index contributed by atoms with van der Waals surface area (Å²) in [6, 6.07) is 0. The molecule has 0 aliphatic heterocycles. The van der Waals surface area contributed by atoms with E-state index >= 15 is 0 Å². The maximum Gasteiger partial charge on any atom is 4.00 e. The third-order valence-electron chi connectivity index (χ3n) is 1.25. The fraction of sp³-hybridized carbons (Fsp3) is 0.667. The van der Waals surface area contributed by atoms with Gasteiger partial charge in [-0.25, -0.2) is 0 Å². The molecule has 0 aromatic heterocycles. The summed E-state index contributed by atoms with van der Waals surface area (Å²) in [7, 11) is 4.07. The van der Waals surface area contributed by atoms with Crippen molar-refractivity contribution in [2.45, 2.75) is 39.5 Å². The van der Waals surface area contributed by atoms with Crippen molar-refractivity contribution in [2.24, 2.45) is 22.9 Å². The molecule has 0 aromatic rings. The zero-order valence-corrected chi connectivity index (χ0v) is 25.2. The molecule has 0 heterocycles. The molecular formula is C12H26MoN4S10. The monoisotopic (exact) mass is 644 g/mol. The van der Waals surface area contributed by atoms with E-state index in [1.165, 1.54) is 37.2 Å². The zero-order chi connectivity index (χ0) is 22.0. The molecule has 0 rings (SSSR count). The van der Waals surface area contributed by atoms with Crippen molar-refractivity contribution in [3.8, 4) is 0 Å². The minimum Gasteiger partial charge on any atom is -0.415 e. The Bertz CT molecular complexity index is 276. The number of thiocarbonyl (C=S) groups is 4. The van der Waals surface area contributed by atoms with Crippen LogP contribution in [0.4, 0.5) is 0 Å². The summed E-state index contributed by atoms with van der Waals surface area (Å²) in [6.45, 7) is 4.49. The summed E-state index contributed by atoms with van der Waals surface area (Å²) in [6.07, 6.45) is 5.43. The Kier molecular flexibility index (Phi) is 66.7. The van der Waals surface area contributed by atoms with Gasteiger partial charge in [-0.3, -0.25) is 0 Å². The first kappa shape index (κ1) is 42.8. The second-order valence-electron chi connectivity index (χ2n) is 3.63. The first-order valence-electron chi connectivity index (χ1n) is 6.95. The molecule has 0 saturated heterocycles. The summed E-state index contributed by atoms with van der Waals surface area (Å²) in [4.78, 5) is 0. The second-order valence-corrected chi connectivity index (χ2v) is 10.9. The molecule has 0 spiro atoms. The van der Waals surface area contributed by atoms with Gasteiger partial charge in [0.15, 0.2) is 0 Å². The van der Waals surface area contributed by atoms with Gasteiger partial charge in [-0.1, -0.05) is 65.6 Å². The molecular weight excluding hydrogens is 617 g/mol. The van der Waals surface area contributed by atoms with Crippen molar-refractivity contribution >= 4 is 138 Å². The van der Waals surface area contributed by atoms with Crippen molar-refractivity contribution in [2.75, 3.05) is 11.5 Å². The first-order chi connectivity index (χ1) is 11.8. The van der Waals surface area contributed by atoms with E-state index in [2.05, 4.69) is 136 Å². The van der Waals surface area contributed by atoms with Crippen molar-refractivity contribution in [1.82, 2.24) is 0 Å². The maximum atomic E-state index is 4.66. The molecule has 15 heteroatoms. The van der Waals surface area contributed by atoms with Gasteiger partial charge in [-0.2, -0.15) is 0 Å². The number of rotatable bonds is 7. The van der Waals surface area contributed by atoms with Crippen LogP contribution in [-0.2, 0) is 71.6 Å². The van der Waals surface area contributed by atoms with Crippen LogP contribution in [0.5, 0.6) is 0 Å². The second kappa shape index (κ2) is 42.0. The summed E-state index contributed by atoms with van der Waals surface area (Å²) >= 11 is 33.0. The summed E-state index contributed by atoms with van der Waals surface area (Å²) in [5.41, 5.74) is 18.6. The van der Waals surface area contributed by atoms with Gasteiger partial charge in [-0.05, 0) is 12.8 Å². The Hall–Kier alpha value is 1.83. The average molecular weight is 643 g/mol. The van der Waals surface area contributed by atoms with Crippen LogP contribution in [0.2, 0.25) is 0 Å². The number of unbranched alkanes of at least 4 members (excludes halogenated alkanes) is 2. The van der Waals surface area contributed by atoms with E-state index < -0.39 is 0 Å². The van der Waals surface area contributed by atoms with Crippen LogP contribution in [0.25, 0.3) is 0 Å². The van der Waals surface area contributed by atoms with Crippen LogP contribution in [0.3, 0.4) is 0 Å². The number of hydrogen-bond donors (Lipinski definition) is 4. The van der Waals surface area contributed by atoms with Gasteiger partial charge < -0.3 is 122 Å².